The van der Waals surface area contributed by atoms with Crippen LogP contribution in [0.2, 0.25) is 0 Å². The van der Waals surface area contributed by atoms with E-state index in [1.165, 1.54) is 0 Å². The van der Waals surface area contributed by atoms with Crippen molar-refractivity contribution in [3.8, 4) is 6.07 Å². The number of aromatic nitrogens is 2. The standard InChI is InChI=1S/C14H17N5O/c1-18(13-4-2-3-11(5-13)6-15)9-14(20)10-19-8-12(16)7-17-19/h2-5,7-8,14,20H,9-10,16H2,1H3. The zero-order valence-corrected chi connectivity index (χ0v) is 11.3. The van der Waals surface area contributed by atoms with E-state index in [1.54, 1.807) is 29.2 Å². The highest BCUT2D eigenvalue weighted by molar-refractivity contribution is 5.50. The molecule has 1 aromatic carbocycles. The van der Waals surface area contributed by atoms with Gasteiger partial charge in [0.1, 0.15) is 0 Å². The van der Waals surface area contributed by atoms with Crippen molar-refractivity contribution in [1.82, 2.24) is 9.78 Å². The normalized spacial score (nSPS) is 11.8. The van der Waals surface area contributed by atoms with Crippen molar-refractivity contribution in [2.45, 2.75) is 12.6 Å². The monoisotopic (exact) mass is 271 g/mol. The number of hydrogen-bond donors (Lipinski definition) is 2. The summed E-state index contributed by atoms with van der Waals surface area (Å²) >= 11 is 0. The fraction of sp³-hybridized carbons (Fsp3) is 0.286. The highest BCUT2D eigenvalue weighted by Gasteiger charge is 2.10. The van der Waals surface area contributed by atoms with Crippen molar-refractivity contribution in [2.24, 2.45) is 0 Å². The largest absolute Gasteiger partial charge is 0.396 e. The Labute approximate surface area is 117 Å². The van der Waals surface area contributed by atoms with Crippen LogP contribution in [-0.4, -0.2) is 34.6 Å². The van der Waals surface area contributed by atoms with Gasteiger partial charge in [-0.05, 0) is 18.2 Å². The van der Waals surface area contributed by atoms with Gasteiger partial charge in [-0.3, -0.25) is 4.68 Å². The Balaban J connectivity index is 1.96. The van der Waals surface area contributed by atoms with E-state index in [1.807, 2.05) is 24.1 Å². The fourth-order valence-corrected chi connectivity index (χ4v) is 1.99. The molecule has 0 aliphatic rings. The summed E-state index contributed by atoms with van der Waals surface area (Å²) in [6, 6.07) is 9.37. The number of aliphatic hydroxyl groups excluding tert-OH is 1. The molecule has 0 saturated heterocycles. The molecule has 1 heterocycles. The van der Waals surface area contributed by atoms with Crippen molar-refractivity contribution in [2.75, 3.05) is 24.2 Å². The van der Waals surface area contributed by atoms with Crippen molar-refractivity contribution < 1.29 is 5.11 Å². The molecule has 0 radical (unpaired) electrons. The van der Waals surface area contributed by atoms with Crippen LogP contribution in [0, 0.1) is 11.3 Å². The first-order valence-electron chi connectivity index (χ1n) is 6.26. The number of nitriles is 1. The Bertz CT molecular complexity index is 616. The van der Waals surface area contributed by atoms with Gasteiger partial charge in [0.25, 0.3) is 0 Å². The molecule has 0 amide bonds. The predicted molar refractivity (Wildman–Crippen MR) is 77.1 cm³/mol. The van der Waals surface area contributed by atoms with Crippen molar-refractivity contribution >= 4 is 11.4 Å². The molecule has 20 heavy (non-hydrogen) atoms. The van der Waals surface area contributed by atoms with E-state index in [2.05, 4.69) is 11.2 Å². The number of benzene rings is 1. The highest BCUT2D eigenvalue weighted by Crippen LogP contribution is 2.14. The third-order valence-corrected chi connectivity index (χ3v) is 2.95. The van der Waals surface area contributed by atoms with Crippen LogP contribution in [0.5, 0.6) is 0 Å². The quantitative estimate of drug-likeness (QED) is 0.840. The maximum absolute atomic E-state index is 10.1. The van der Waals surface area contributed by atoms with Gasteiger partial charge in [-0.25, -0.2) is 0 Å². The summed E-state index contributed by atoms with van der Waals surface area (Å²) in [4.78, 5) is 1.90. The highest BCUT2D eigenvalue weighted by atomic mass is 16.3. The molecule has 0 bridgehead atoms. The Morgan fingerprint density at radius 2 is 2.35 bits per heavy atom. The van der Waals surface area contributed by atoms with Crippen molar-refractivity contribution in [3.63, 3.8) is 0 Å². The Morgan fingerprint density at radius 1 is 1.55 bits per heavy atom. The second-order valence-electron chi connectivity index (χ2n) is 4.69. The fourth-order valence-electron chi connectivity index (χ4n) is 1.99. The average Bonchev–Trinajstić information content (AvgIpc) is 2.83. The van der Waals surface area contributed by atoms with Gasteiger partial charge in [-0.15, -0.1) is 0 Å². The minimum atomic E-state index is -0.579. The SMILES string of the molecule is CN(CC(O)Cn1cc(N)cn1)c1cccc(C#N)c1. The summed E-state index contributed by atoms with van der Waals surface area (Å²) in [6.45, 7) is 0.814. The van der Waals surface area contributed by atoms with Gasteiger partial charge in [-0.1, -0.05) is 6.07 Å². The molecule has 6 heteroatoms. The van der Waals surface area contributed by atoms with Gasteiger partial charge >= 0.3 is 0 Å². The van der Waals surface area contributed by atoms with Crippen LogP contribution < -0.4 is 10.6 Å². The van der Waals surface area contributed by atoms with Crippen LogP contribution in [0.1, 0.15) is 5.56 Å². The van der Waals surface area contributed by atoms with Crippen molar-refractivity contribution in [1.29, 1.82) is 5.26 Å². The number of anilines is 2. The van der Waals surface area contributed by atoms with E-state index in [9.17, 15) is 5.11 Å². The van der Waals surface area contributed by atoms with Gasteiger partial charge < -0.3 is 15.7 Å². The molecule has 0 aliphatic carbocycles. The summed E-state index contributed by atoms with van der Waals surface area (Å²) in [6.07, 6.45) is 2.65. The van der Waals surface area contributed by atoms with Crippen LogP contribution in [-0.2, 0) is 6.54 Å². The molecule has 2 aromatic rings. The smallest absolute Gasteiger partial charge is 0.0992 e. The number of hydrogen-bond acceptors (Lipinski definition) is 5. The van der Waals surface area contributed by atoms with Crippen LogP contribution in [0.3, 0.4) is 0 Å². The van der Waals surface area contributed by atoms with Gasteiger partial charge in [0.05, 0.1) is 36.2 Å². The predicted octanol–water partition coefficient (Wildman–Crippen LogP) is 0.834. The molecule has 6 nitrogen and oxygen atoms in total. The number of rotatable bonds is 5. The lowest BCUT2D eigenvalue weighted by Gasteiger charge is -2.22. The molecule has 2 rings (SSSR count). The molecule has 0 spiro atoms. The molecule has 104 valence electrons. The number of nitrogen functional groups attached to an aromatic ring is 1. The number of aliphatic hydroxyl groups is 1. The Hall–Kier alpha value is -2.52. The lowest BCUT2D eigenvalue weighted by atomic mass is 10.2. The minimum absolute atomic E-state index is 0.374. The third kappa shape index (κ3) is 3.49. The minimum Gasteiger partial charge on any atom is -0.396 e. The first-order valence-corrected chi connectivity index (χ1v) is 6.26. The molecule has 1 unspecified atom stereocenters. The summed E-state index contributed by atoms with van der Waals surface area (Å²) in [5.74, 6) is 0. The molecule has 3 N–H and O–H groups in total. The summed E-state index contributed by atoms with van der Waals surface area (Å²) < 4.78 is 1.61. The molecule has 0 aliphatic heterocycles. The molecule has 0 saturated carbocycles. The van der Waals surface area contributed by atoms with E-state index >= 15 is 0 Å². The van der Waals surface area contributed by atoms with Crippen LogP contribution in [0.15, 0.2) is 36.7 Å². The van der Waals surface area contributed by atoms with Gasteiger partial charge in [-0.2, -0.15) is 10.4 Å². The average molecular weight is 271 g/mol. The number of nitrogens with two attached hydrogens (primary N) is 1. The molecular formula is C14H17N5O. The molecular weight excluding hydrogens is 254 g/mol. The second kappa shape index (κ2) is 6.08. The van der Waals surface area contributed by atoms with E-state index < -0.39 is 6.10 Å². The zero-order chi connectivity index (χ0) is 14.5. The maximum atomic E-state index is 10.1. The number of nitrogens with zero attached hydrogens (tertiary/aromatic N) is 4. The van der Waals surface area contributed by atoms with Gasteiger partial charge in [0.15, 0.2) is 0 Å². The van der Waals surface area contributed by atoms with Crippen LogP contribution >= 0.6 is 0 Å². The maximum Gasteiger partial charge on any atom is 0.0992 e. The van der Waals surface area contributed by atoms with E-state index in [4.69, 9.17) is 11.0 Å². The Morgan fingerprint density at radius 3 is 3.00 bits per heavy atom. The van der Waals surface area contributed by atoms with E-state index in [-0.39, 0.29) is 0 Å². The summed E-state index contributed by atoms with van der Waals surface area (Å²) in [5.41, 5.74) is 7.64. The van der Waals surface area contributed by atoms with Gasteiger partial charge in [0, 0.05) is 25.5 Å². The molecule has 1 atom stereocenters. The van der Waals surface area contributed by atoms with Gasteiger partial charge in [0.2, 0.25) is 0 Å². The molecule has 1 aromatic heterocycles. The van der Waals surface area contributed by atoms with E-state index in [0.29, 0.717) is 24.3 Å². The first-order chi connectivity index (χ1) is 9.58. The van der Waals surface area contributed by atoms with Crippen molar-refractivity contribution in [3.05, 3.63) is 42.2 Å². The second-order valence-corrected chi connectivity index (χ2v) is 4.69. The molecule has 0 fully saturated rings. The van der Waals surface area contributed by atoms with Crippen LogP contribution in [0.4, 0.5) is 11.4 Å². The summed E-state index contributed by atoms with van der Waals surface area (Å²) in [5, 5.41) is 23.0. The van der Waals surface area contributed by atoms with Crippen LogP contribution in [0.25, 0.3) is 0 Å². The summed E-state index contributed by atoms with van der Waals surface area (Å²) in [7, 11) is 1.87. The Kier molecular flexibility index (Phi) is 4.23. The zero-order valence-electron chi connectivity index (χ0n) is 11.3. The lowest BCUT2D eigenvalue weighted by molar-refractivity contribution is 0.156. The third-order valence-electron chi connectivity index (χ3n) is 2.95. The lowest BCUT2D eigenvalue weighted by Crippen LogP contribution is -2.32. The first kappa shape index (κ1) is 13.9. The van der Waals surface area contributed by atoms with E-state index in [0.717, 1.165) is 5.69 Å². The number of likely N-dealkylation sites (N-methyl/N-ethyl adjacent to an activating group) is 1. The topological polar surface area (TPSA) is 91.1 Å².